The van der Waals surface area contributed by atoms with Crippen LogP contribution in [0.4, 0.5) is 0 Å². The number of rotatable bonds is 2. The SMILES string of the molecule is CC(N=C1CCC=NC1)C(C#N)C#N. The molecule has 0 radical (unpaired) electrons. The van der Waals surface area contributed by atoms with Gasteiger partial charge < -0.3 is 0 Å². The topological polar surface area (TPSA) is 72.3 Å². The second-order valence-electron chi connectivity index (χ2n) is 3.23. The second kappa shape index (κ2) is 5.14. The average molecular weight is 188 g/mol. The molecule has 1 aliphatic heterocycles. The van der Waals surface area contributed by atoms with Crippen molar-refractivity contribution < 1.29 is 0 Å². The molecule has 0 fully saturated rings. The van der Waals surface area contributed by atoms with Crippen LogP contribution in [0.2, 0.25) is 0 Å². The van der Waals surface area contributed by atoms with E-state index in [1.54, 1.807) is 6.92 Å². The summed E-state index contributed by atoms with van der Waals surface area (Å²) in [6.07, 6.45) is 3.70. The molecule has 1 atom stereocenters. The van der Waals surface area contributed by atoms with Gasteiger partial charge in [0.25, 0.3) is 0 Å². The van der Waals surface area contributed by atoms with Crippen LogP contribution < -0.4 is 0 Å². The third kappa shape index (κ3) is 2.67. The van der Waals surface area contributed by atoms with Gasteiger partial charge in [-0.1, -0.05) is 0 Å². The highest BCUT2D eigenvalue weighted by Crippen LogP contribution is 2.08. The van der Waals surface area contributed by atoms with E-state index in [1.807, 2.05) is 18.4 Å². The van der Waals surface area contributed by atoms with Crippen LogP contribution in [0.5, 0.6) is 0 Å². The molecule has 1 unspecified atom stereocenters. The predicted molar refractivity (Wildman–Crippen MR) is 54.2 cm³/mol. The van der Waals surface area contributed by atoms with Gasteiger partial charge in [0.1, 0.15) is 0 Å². The summed E-state index contributed by atoms with van der Waals surface area (Å²) in [5.74, 6) is -0.645. The zero-order valence-corrected chi connectivity index (χ0v) is 8.14. The van der Waals surface area contributed by atoms with Crippen molar-refractivity contribution in [3.05, 3.63) is 0 Å². The van der Waals surface area contributed by atoms with Crippen molar-refractivity contribution in [1.29, 1.82) is 10.5 Å². The lowest BCUT2D eigenvalue weighted by molar-refractivity contribution is 0.654. The normalized spacial score (nSPS) is 20.4. The zero-order chi connectivity index (χ0) is 10.4. The molecule has 0 amide bonds. The van der Waals surface area contributed by atoms with E-state index in [-0.39, 0.29) is 6.04 Å². The van der Waals surface area contributed by atoms with Gasteiger partial charge in [0.05, 0.1) is 24.7 Å². The van der Waals surface area contributed by atoms with Gasteiger partial charge in [-0.2, -0.15) is 10.5 Å². The lowest BCUT2D eigenvalue weighted by Crippen LogP contribution is -2.17. The molecule has 0 aliphatic carbocycles. The van der Waals surface area contributed by atoms with Crippen molar-refractivity contribution in [3.63, 3.8) is 0 Å². The Balaban J connectivity index is 2.63. The second-order valence-corrected chi connectivity index (χ2v) is 3.23. The summed E-state index contributed by atoms with van der Waals surface area (Å²) >= 11 is 0. The third-order valence-corrected chi connectivity index (χ3v) is 2.11. The molecular weight excluding hydrogens is 176 g/mol. The van der Waals surface area contributed by atoms with Crippen LogP contribution in [0.3, 0.4) is 0 Å². The van der Waals surface area contributed by atoms with Gasteiger partial charge in [0.15, 0.2) is 5.92 Å². The monoisotopic (exact) mass is 188 g/mol. The summed E-state index contributed by atoms with van der Waals surface area (Å²) in [4.78, 5) is 8.44. The Morgan fingerprint density at radius 3 is 2.71 bits per heavy atom. The molecule has 72 valence electrons. The Kier molecular flexibility index (Phi) is 3.82. The number of nitriles is 2. The van der Waals surface area contributed by atoms with Crippen LogP contribution in [0, 0.1) is 28.6 Å². The largest absolute Gasteiger partial charge is 0.292 e. The van der Waals surface area contributed by atoms with Crippen LogP contribution >= 0.6 is 0 Å². The van der Waals surface area contributed by atoms with Crippen LogP contribution in [0.25, 0.3) is 0 Å². The summed E-state index contributed by atoms with van der Waals surface area (Å²) in [5.41, 5.74) is 0.996. The Hall–Kier alpha value is -1.68. The number of aliphatic imine (C=N–C) groups is 2. The van der Waals surface area contributed by atoms with Crippen LogP contribution in [-0.2, 0) is 0 Å². The van der Waals surface area contributed by atoms with E-state index in [2.05, 4.69) is 9.98 Å². The molecule has 1 aliphatic rings. The first kappa shape index (κ1) is 10.4. The molecule has 0 saturated carbocycles. The van der Waals surface area contributed by atoms with Crippen molar-refractivity contribution in [2.45, 2.75) is 25.8 Å². The fourth-order valence-electron chi connectivity index (χ4n) is 1.28. The van der Waals surface area contributed by atoms with E-state index in [4.69, 9.17) is 10.5 Å². The van der Waals surface area contributed by atoms with E-state index in [0.717, 1.165) is 18.6 Å². The maximum atomic E-state index is 8.65. The summed E-state index contributed by atoms with van der Waals surface area (Å²) in [6, 6.07) is 3.63. The molecule has 1 rings (SSSR count). The Bertz CT molecular complexity index is 315. The van der Waals surface area contributed by atoms with Gasteiger partial charge in [-0.05, 0) is 26.0 Å². The molecule has 0 bridgehead atoms. The quantitative estimate of drug-likeness (QED) is 0.656. The molecule has 14 heavy (non-hydrogen) atoms. The van der Waals surface area contributed by atoms with E-state index in [9.17, 15) is 0 Å². The molecular formula is C10H12N4. The van der Waals surface area contributed by atoms with E-state index in [1.165, 1.54) is 0 Å². The van der Waals surface area contributed by atoms with E-state index < -0.39 is 5.92 Å². The molecule has 1 heterocycles. The zero-order valence-electron chi connectivity index (χ0n) is 8.14. The maximum absolute atomic E-state index is 8.65. The van der Waals surface area contributed by atoms with Crippen molar-refractivity contribution in [3.8, 4) is 12.1 Å². The van der Waals surface area contributed by atoms with Gasteiger partial charge in [0, 0.05) is 5.71 Å². The van der Waals surface area contributed by atoms with Crippen molar-refractivity contribution in [2.24, 2.45) is 15.9 Å². The van der Waals surface area contributed by atoms with Crippen LogP contribution in [0.15, 0.2) is 9.98 Å². The standard InChI is InChI=1S/C10H12N4/c1-8(9(5-11)6-12)14-10-3-2-4-13-7-10/h4,8-9H,2-3,7H2,1H3. The maximum Gasteiger partial charge on any atom is 0.155 e. The fraction of sp³-hybridized carbons (Fsp3) is 0.600. The number of hydrogen-bond acceptors (Lipinski definition) is 4. The molecule has 0 aromatic rings. The molecule has 0 saturated heterocycles. The highest BCUT2D eigenvalue weighted by atomic mass is 14.8. The highest BCUT2D eigenvalue weighted by molar-refractivity contribution is 5.91. The van der Waals surface area contributed by atoms with Gasteiger partial charge in [-0.25, -0.2) is 0 Å². The van der Waals surface area contributed by atoms with Crippen molar-refractivity contribution >= 4 is 11.9 Å². The first-order valence-electron chi connectivity index (χ1n) is 4.61. The molecule has 0 aromatic heterocycles. The van der Waals surface area contributed by atoms with Gasteiger partial charge in [-0.15, -0.1) is 0 Å². The fourth-order valence-corrected chi connectivity index (χ4v) is 1.28. The molecule has 0 N–H and O–H groups in total. The van der Waals surface area contributed by atoms with Crippen LogP contribution in [-0.4, -0.2) is 24.5 Å². The molecule has 0 aromatic carbocycles. The minimum atomic E-state index is -0.645. The predicted octanol–water partition coefficient (Wildman–Crippen LogP) is 1.34. The van der Waals surface area contributed by atoms with Crippen molar-refractivity contribution in [2.75, 3.05) is 6.54 Å². The Morgan fingerprint density at radius 1 is 1.50 bits per heavy atom. The average Bonchev–Trinajstić information content (AvgIpc) is 2.21. The van der Waals surface area contributed by atoms with Gasteiger partial charge in [0.2, 0.25) is 0 Å². The number of nitrogens with zero attached hydrogens (tertiary/aromatic N) is 4. The van der Waals surface area contributed by atoms with Crippen molar-refractivity contribution in [1.82, 2.24) is 0 Å². The lowest BCUT2D eigenvalue weighted by Gasteiger charge is -2.11. The minimum Gasteiger partial charge on any atom is -0.292 e. The molecule has 0 spiro atoms. The Morgan fingerprint density at radius 2 is 2.21 bits per heavy atom. The minimum absolute atomic E-state index is 0.242. The third-order valence-electron chi connectivity index (χ3n) is 2.11. The smallest absolute Gasteiger partial charge is 0.155 e. The lowest BCUT2D eigenvalue weighted by atomic mass is 10.1. The summed E-state index contributed by atoms with van der Waals surface area (Å²) in [5, 5.41) is 17.3. The van der Waals surface area contributed by atoms with Crippen LogP contribution in [0.1, 0.15) is 19.8 Å². The number of hydrogen-bond donors (Lipinski definition) is 0. The summed E-state index contributed by atoms with van der Waals surface area (Å²) in [6.45, 7) is 2.41. The first-order chi connectivity index (χ1) is 6.77. The molecule has 4 nitrogen and oxygen atoms in total. The summed E-state index contributed by atoms with van der Waals surface area (Å²) in [7, 11) is 0. The van der Waals surface area contributed by atoms with Gasteiger partial charge in [-0.3, -0.25) is 9.98 Å². The highest BCUT2D eigenvalue weighted by Gasteiger charge is 2.15. The summed E-state index contributed by atoms with van der Waals surface area (Å²) < 4.78 is 0. The molecule has 4 heteroatoms. The first-order valence-corrected chi connectivity index (χ1v) is 4.61. The van der Waals surface area contributed by atoms with E-state index >= 15 is 0 Å². The van der Waals surface area contributed by atoms with E-state index in [0.29, 0.717) is 6.54 Å². The Labute approximate surface area is 83.6 Å². The van der Waals surface area contributed by atoms with Gasteiger partial charge >= 0.3 is 0 Å².